The SMILES string of the molecule is CCCN(C(=O)Cc1cccs1)[C@H]1CCS(=O)(=O)C1. The summed E-state index contributed by atoms with van der Waals surface area (Å²) in [5, 5.41) is 1.95. The lowest BCUT2D eigenvalue weighted by Crippen LogP contribution is -2.42. The lowest BCUT2D eigenvalue weighted by atomic mass is 10.2. The van der Waals surface area contributed by atoms with Gasteiger partial charge in [-0.25, -0.2) is 8.42 Å². The summed E-state index contributed by atoms with van der Waals surface area (Å²) < 4.78 is 23.1. The summed E-state index contributed by atoms with van der Waals surface area (Å²) in [5.74, 6) is 0.388. The molecule has 1 saturated heterocycles. The number of carbonyl (C=O) groups excluding carboxylic acids is 1. The molecule has 2 rings (SSSR count). The number of hydrogen-bond acceptors (Lipinski definition) is 4. The Kier molecular flexibility index (Phi) is 4.62. The van der Waals surface area contributed by atoms with Crippen LogP contribution in [0.5, 0.6) is 0 Å². The first-order valence-corrected chi connectivity index (χ1v) is 9.24. The van der Waals surface area contributed by atoms with Crippen molar-refractivity contribution in [2.75, 3.05) is 18.1 Å². The summed E-state index contributed by atoms with van der Waals surface area (Å²) in [5.41, 5.74) is 0. The van der Waals surface area contributed by atoms with Crippen LogP contribution in [-0.4, -0.2) is 43.3 Å². The molecule has 1 aromatic rings. The molecule has 0 aliphatic carbocycles. The Bertz CT molecular complexity index is 522. The molecule has 106 valence electrons. The van der Waals surface area contributed by atoms with Crippen molar-refractivity contribution in [2.24, 2.45) is 0 Å². The zero-order valence-electron chi connectivity index (χ0n) is 11.0. The third-order valence-corrected chi connectivity index (χ3v) is 5.97. The third kappa shape index (κ3) is 3.79. The molecule has 0 saturated carbocycles. The van der Waals surface area contributed by atoms with E-state index < -0.39 is 9.84 Å². The molecular weight excluding hydrogens is 282 g/mol. The molecule has 1 amide bonds. The van der Waals surface area contributed by atoms with Gasteiger partial charge in [-0.1, -0.05) is 13.0 Å². The highest BCUT2D eigenvalue weighted by atomic mass is 32.2. The standard InChI is InChI=1S/C13H19NO3S2/c1-2-6-14(11-5-8-19(16,17)10-11)13(15)9-12-4-3-7-18-12/h3-4,7,11H,2,5-6,8-10H2,1H3/t11-/m0/s1. The van der Waals surface area contributed by atoms with E-state index in [1.807, 2.05) is 24.4 Å². The maximum Gasteiger partial charge on any atom is 0.228 e. The van der Waals surface area contributed by atoms with Crippen molar-refractivity contribution in [3.8, 4) is 0 Å². The molecule has 4 nitrogen and oxygen atoms in total. The second-order valence-electron chi connectivity index (χ2n) is 4.90. The lowest BCUT2D eigenvalue weighted by molar-refractivity contribution is -0.132. The Morgan fingerprint density at radius 1 is 1.53 bits per heavy atom. The molecule has 1 atom stereocenters. The van der Waals surface area contributed by atoms with E-state index in [1.54, 1.807) is 16.2 Å². The van der Waals surface area contributed by atoms with Crippen LogP contribution in [0.25, 0.3) is 0 Å². The van der Waals surface area contributed by atoms with Gasteiger partial charge >= 0.3 is 0 Å². The Morgan fingerprint density at radius 2 is 2.32 bits per heavy atom. The quantitative estimate of drug-likeness (QED) is 0.832. The topological polar surface area (TPSA) is 54.5 Å². The molecule has 19 heavy (non-hydrogen) atoms. The van der Waals surface area contributed by atoms with Crippen LogP contribution < -0.4 is 0 Å². The second-order valence-corrected chi connectivity index (χ2v) is 8.16. The Morgan fingerprint density at radius 3 is 2.84 bits per heavy atom. The number of hydrogen-bond donors (Lipinski definition) is 0. The first-order valence-electron chi connectivity index (χ1n) is 6.54. The second kappa shape index (κ2) is 6.05. The van der Waals surface area contributed by atoms with Crippen LogP contribution in [0.3, 0.4) is 0 Å². The minimum absolute atomic E-state index is 0.0476. The molecule has 6 heteroatoms. The van der Waals surface area contributed by atoms with Crippen molar-refractivity contribution in [1.29, 1.82) is 0 Å². The van der Waals surface area contributed by atoms with E-state index in [-0.39, 0.29) is 23.5 Å². The van der Waals surface area contributed by atoms with E-state index in [1.165, 1.54) is 0 Å². The van der Waals surface area contributed by atoms with Crippen LogP contribution in [-0.2, 0) is 21.1 Å². The highest BCUT2D eigenvalue weighted by molar-refractivity contribution is 7.91. The van der Waals surface area contributed by atoms with E-state index in [4.69, 9.17) is 0 Å². The minimum atomic E-state index is -2.95. The molecule has 0 radical (unpaired) electrons. The molecule has 0 spiro atoms. The van der Waals surface area contributed by atoms with Gasteiger partial charge in [0.15, 0.2) is 9.84 Å². The molecule has 1 aromatic heterocycles. The van der Waals surface area contributed by atoms with Gasteiger partial charge < -0.3 is 4.90 Å². The molecule has 1 aliphatic rings. The normalized spacial score (nSPS) is 21.4. The fourth-order valence-corrected chi connectivity index (χ4v) is 4.86. The Balaban J connectivity index is 2.05. The Labute approximate surface area is 118 Å². The maximum absolute atomic E-state index is 12.3. The first-order chi connectivity index (χ1) is 9.02. The number of carbonyl (C=O) groups is 1. The van der Waals surface area contributed by atoms with Crippen LogP contribution in [0.2, 0.25) is 0 Å². The summed E-state index contributed by atoms with van der Waals surface area (Å²) in [7, 11) is -2.95. The predicted octanol–water partition coefficient (Wildman–Crippen LogP) is 1.72. The average molecular weight is 301 g/mol. The predicted molar refractivity (Wildman–Crippen MR) is 77.1 cm³/mol. The largest absolute Gasteiger partial charge is 0.338 e. The number of nitrogens with zero attached hydrogens (tertiary/aromatic N) is 1. The van der Waals surface area contributed by atoms with Gasteiger partial charge in [-0.15, -0.1) is 11.3 Å². The third-order valence-electron chi connectivity index (χ3n) is 3.34. The molecule has 0 aromatic carbocycles. The zero-order chi connectivity index (χ0) is 13.9. The first kappa shape index (κ1) is 14.5. The van der Waals surface area contributed by atoms with Crippen molar-refractivity contribution in [3.63, 3.8) is 0 Å². The fourth-order valence-electron chi connectivity index (χ4n) is 2.44. The van der Waals surface area contributed by atoms with Crippen molar-refractivity contribution >= 4 is 27.1 Å². The highest BCUT2D eigenvalue weighted by Crippen LogP contribution is 2.20. The molecule has 2 heterocycles. The van der Waals surface area contributed by atoms with Gasteiger partial charge in [0, 0.05) is 17.5 Å². The number of sulfone groups is 1. The Hall–Kier alpha value is -0.880. The van der Waals surface area contributed by atoms with Gasteiger partial charge in [0.25, 0.3) is 0 Å². The molecule has 0 bridgehead atoms. The summed E-state index contributed by atoms with van der Waals surface area (Å²) >= 11 is 1.56. The van der Waals surface area contributed by atoms with Crippen molar-refractivity contribution in [2.45, 2.75) is 32.2 Å². The highest BCUT2D eigenvalue weighted by Gasteiger charge is 2.34. The number of rotatable bonds is 5. The molecular formula is C13H19NO3S2. The van der Waals surface area contributed by atoms with E-state index in [2.05, 4.69) is 0 Å². The number of amides is 1. The van der Waals surface area contributed by atoms with Gasteiger partial charge in [-0.05, 0) is 24.3 Å². The monoisotopic (exact) mass is 301 g/mol. The van der Waals surface area contributed by atoms with Crippen molar-refractivity contribution in [1.82, 2.24) is 4.90 Å². The van der Waals surface area contributed by atoms with Crippen LogP contribution in [0.15, 0.2) is 17.5 Å². The van der Waals surface area contributed by atoms with Gasteiger partial charge in [0.2, 0.25) is 5.91 Å². The van der Waals surface area contributed by atoms with Gasteiger partial charge in [0.1, 0.15) is 0 Å². The molecule has 1 fully saturated rings. The number of thiophene rings is 1. The maximum atomic E-state index is 12.3. The van der Waals surface area contributed by atoms with Crippen LogP contribution >= 0.6 is 11.3 Å². The summed E-state index contributed by atoms with van der Waals surface area (Å²) in [4.78, 5) is 15.1. The van der Waals surface area contributed by atoms with E-state index >= 15 is 0 Å². The van der Waals surface area contributed by atoms with Crippen molar-refractivity contribution in [3.05, 3.63) is 22.4 Å². The molecule has 0 unspecified atom stereocenters. The van der Waals surface area contributed by atoms with Crippen LogP contribution in [0.1, 0.15) is 24.6 Å². The summed E-state index contributed by atoms with van der Waals surface area (Å²) in [6.45, 7) is 2.65. The summed E-state index contributed by atoms with van der Waals surface area (Å²) in [6, 6.07) is 3.74. The van der Waals surface area contributed by atoms with E-state index in [9.17, 15) is 13.2 Å². The lowest BCUT2D eigenvalue weighted by Gasteiger charge is -2.27. The van der Waals surface area contributed by atoms with Crippen LogP contribution in [0, 0.1) is 0 Å². The fraction of sp³-hybridized carbons (Fsp3) is 0.615. The van der Waals surface area contributed by atoms with Gasteiger partial charge in [0.05, 0.1) is 17.9 Å². The van der Waals surface area contributed by atoms with E-state index in [0.717, 1.165) is 11.3 Å². The summed E-state index contributed by atoms with van der Waals surface area (Å²) in [6.07, 6.45) is 1.82. The minimum Gasteiger partial charge on any atom is -0.338 e. The molecule has 1 aliphatic heterocycles. The zero-order valence-corrected chi connectivity index (χ0v) is 12.7. The van der Waals surface area contributed by atoms with Gasteiger partial charge in [-0.3, -0.25) is 4.79 Å². The van der Waals surface area contributed by atoms with Gasteiger partial charge in [-0.2, -0.15) is 0 Å². The van der Waals surface area contributed by atoms with Crippen molar-refractivity contribution < 1.29 is 13.2 Å². The van der Waals surface area contributed by atoms with E-state index in [0.29, 0.717) is 19.4 Å². The average Bonchev–Trinajstić information content (AvgIpc) is 2.95. The van der Waals surface area contributed by atoms with Crippen LogP contribution in [0.4, 0.5) is 0 Å². The molecule has 0 N–H and O–H groups in total. The smallest absolute Gasteiger partial charge is 0.228 e.